The number of aromatic carboxylic acids is 1. The van der Waals surface area contributed by atoms with Gasteiger partial charge in [-0.05, 0) is 19.1 Å². The van der Waals surface area contributed by atoms with E-state index in [1.165, 1.54) is 35.4 Å². The summed E-state index contributed by atoms with van der Waals surface area (Å²) in [5.41, 5.74) is 0.139. The number of carbonyl (C=O) groups excluding carboxylic acids is 2. The first-order valence-corrected chi connectivity index (χ1v) is 6.97. The molecule has 22 heavy (non-hydrogen) atoms. The van der Waals surface area contributed by atoms with Crippen molar-refractivity contribution in [2.75, 3.05) is 12.4 Å². The van der Waals surface area contributed by atoms with Gasteiger partial charge >= 0.3 is 11.9 Å². The van der Waals surface area contributed by atoms with Gasteiger partial charge in [0, 0.05) is 11.1 Å². The number of nitrogens with zero attached hydrogens (tertiary/aromatic N) is 2. The maximum absolute atomic E-state index is 12.0. The number of hydrogen-bond acceptors (Lipinski definition) is 6. The lowest BCUT2D eigenvalue weighted by Crippen LogP contribution is -2.20. The van der Waals surface area contributed by atoms with Gasteiger partial charge in [-0.15, -0.1) is 11.3 Å². The van der Waals surface area contributed by atoms with Crippen molar-refractivity contribution in [3.05, 3.63) is 34.5 Å². The van der Waals surface area contributed by atoms with Crippen molar-refractivity contribution in [3.63, 3.8) is 0 Å². The highest BCUT2D eigenvalue weighted by Crippen LogP contribution is 2.28. The quantitative estimate of drug-likeness (QED) is 0.804. The second-order valence-corrected chi connectivity index (χ2v) is 5.60. The molecule has 2 aromatic rings. The van der Waals surface area contributed by atoms with Crippen LogP contribution in [0.2, 0.25) is 0 Å². The van der Waals surface area contributed by atoms with E-state index >= 15 is 0 Å². The van der Waals surface area contributed by atoms with Crippen LogP contribution in [0.3, 0.4) is 0 Å². The molecular formula is C13H13N3O5S. The number of hydrogen-bond donors (Lipinski definition) is 2. The number of carboxylic acids is 1. The number of ether oxygens (including phenoxy) is 1. The zero-order valence-electron chi connectivity index (χ0n) is 11.8. The molecule has 0 aliphatic rings. The van der Waals surface area contributed by atoms with E-state index in [-0.39, 0.29) is 17.8 Å². The van der Waals surface area contributed by atoms with E-state index in [1.807, 2.05) is 0 Å². The van der Waals surface area contributed by atoms with Crippen molar-refractivity contribution < 1.29 is 24.2 Å². The second-order valence-electron chi connectivity index (χ2n) is 4.34. The number of carbonyl (C=O) groups is 3. The van der Waals surface area contributed by atoms with Crippen molar-refractivity contribution in [2.45, 2.75) is 13.5 Å². The van der Waals surface area contributed by atoms with Crippen LogP contribution in [0, 0.1) is 6.92 Å². The van der Waals surface area contributed by atoms with Crippen LogP contribution in [0.15, 0.2) is 18.3 Å². The van der Waals surface area contributed by atoms with Crippen LogP contribution in [0.5, 0.6) is 0 Å². The first kappa shape index (κ1) is 15.7. The van der Waals surface area contributed by atoms with Gasteiger partial charge in [0.05, 0.1) is 12.7 Å². The number of aryl methyl sites for hydroxylation is 1. The molecule has 0 saturated heterocycles. The van der Waals surface area contributed by atoms with Gasteiger partial charge < -0.3 is 15.2 Å². The molecule has 0 fully saturated rings. The molecule has 0 unspecified atom stereocenters. The topological polar surface area (TPSA) is 111 Å². The van der Waals surface area contributed by atoms with Gasteiger partial charge in [0.1, 0.15) is 11.5 Å². The van der Waals surface area contributed by atoms with Crippen LogP contribution < -0.4 is 5.32 Å². The van der Waals surface area contributed by atoms with Crippen molar-refractivity contribution in [1.29, 1.82) is 0 Å². The third-order valence-electron chi connectivity index (χ3n) is 2.68. The molecule has 8 nitrogen and oxygen atoms in total. The number of amides is 1. The summed E-state index contributed by atoms with van der Waals surface area (Å²) in [7, 11) is 1.26. The van der Waals surface area contributed by atoms with E-state index < -0.39 is 17.8 Å². The summed E-state index contributed by atoms with van der Waals surface area (Å²) in [4.78, 5) is 35.2. The monoisotopic (exact) mass is 323 g/mol. The van der Waals surface area contributed by atoms with Crippen molar-refractivity contribution >= 4 is 34.2 Å². The minimum atomic E-state index is -1.17. The van der Waals surface area contributed by atoms with Gasteiger partial charge in [0.25, 0.3) is 0 Å². The number of carboxylic acid groups (broad SMARTS) is 1. The fourth-order valence-corrected chi connectivity index (χ4v) is 2.66. The van der Waals surface area contributed by atoms with Gasteiger partial charge in [-0.25, -0.2) is 9.59 Å². The molecule has 0 spiro atoms. The van der Waals surface area contributed by atoms with Crippen molar-refractivity contribution in [2.24, 2.45) is 0 Å². The minimum absolute atomic E-state index is 0.144. The first-order valence-electron chi connectivity index (χ1n) is 6.16. The number of esters is 1. The molecule has 0 saturated carbocycles. The molecule has 2 heterocycles. The predicted molar refractivity (Wildman–Crippen MR) is 78.2 cm³/mol. The number of thiophene rings is 1. The molecule has 0 radical (unpaired) electrons. The van der Waals surface area contributed by atoms with Gasteiger partial charge in [-0.3, -0.25) is 9.48 Å². The highest BCUT2D eigenvalue weighted by molar-refractivity contribution is 7.16. The summed E-state index contributed by atoms with van der Waals surface area (Å²) in [5, 5.41) is 15.5. The molecule has 0 aromatic carbocycles. The van der Waals surface area contributed by atoms with Crippen LogP contribution in [0.1, 0.15) is 25.7 Å². The normalized spacial score (nSPS) is 10.3. The van der Waals surface area contributed by atoms with E-state index in [4.69, 9.17) is 5.11 Å². The van der Waals surface area contributed by atoms with Crippen LogP contribution >= 0.6 is 11.3 Å². The number of aromatic nitrogens is 2. The van der Waals surface area contributed by atoms with E-state index in [0.29, 0.717) is 5.00 Å². The molecule has 2 rings (SSSR count). The summed E-state index contributed by atoms with van der Waals surface area (Å²) < 4.78 is 5.86. The zero-order chi connectivity index (χ0) is 16.3. The molecular weight excluding hydrogens is 310 g/mol. The average molecular weight is 323 g/mol. The molecule has 1 amide bonds. The van der Waals surface area contributed by atoms with Crippen LogP contribution in [-0.4, -0.2) is 39.8 Å². The lowest BCUT2D eigenvalue weighted by molar-refractivity contribution is -0.116. The highest BCUT2D eigenvalue weighted by atomic mass is 32.1. The van der Waals surface area contributed by atoms with Crippen LogP contribution in [-0.2, 0) is 16.1 Å². The highest BCUT2D eigenvalue weighted by Gasteiger charge is 2.18. The third kappa shape index (κ3) is 3.50. The van der Waals surface area contributed by atoms with Gasteiger partial charge in [0.15, 0.2) is 5.69 Å². The Bertz CT molecular complexity index is 734. The van der Waals surface area contributed by atoms with Gasteiger partial charge in [0.2, 0.25) is 5.91 Å². The Kier molecular flexibility index (Phi) is 4.56. The Morgan fingerprint density at radius 2 is 2.18 bits per heavy atom. The summed E-state index contributed by atoms with van der Waals surface area (Å²) in [6, 6.07) is 2.92. The zero-order valence-corrected chi connectivity index (χ0v) is 12.6. The maximum Gasteiger partial charge on any atom is 0.356 e. The Morgan fingerprint density at radius 1 is 1.45 bits per heavy atom. The lowest BCUT2D eigenvalue weighted by atomic mass is 10.3. The molecule has 9 heteroatoms. The molecule has 0 aliphatic carbocycles. The number of methoxy groups -OCH3 is 1. The molecule has 116 valence electrons. The summed E-state index contributed by atoms with van der Waals surface area (Å²) >= 11 is 1.25. The Labute approximate surface area is 129 Å². The molecule has 0 aliphatic heterocycles. The van der Waals surface area contributed by atoms with E-state index in [0.717, 1.165) is 4.88 Å². The SMILES string of the molecule is COC(=O)c1cc(C)sc1NC(=O)Cn1ccc(C(=O)O)n1. The number of anilines is 1. The fraction of sp³-hybridized carbons (Fsp3) is 0.231. The van der Waals surface area contributed by atoms with Crippen molar-refractivity contribution in [3.8, 4) is 0 Å². The first-order chi connectivity index (χ1) is 10.4. The standard InChI is InChI=1S/C13H13N3O5S/c1-7-5-8(13(20)21-2)11(22-7)14-10(17)6-16-4-3-9(15-16)12(18)19/h3-5H,6H2,1-2H3,(H,14,17)(H,18,19). The summed E-state index contributed by atoms with van der Waals surface area (Å²) in [5.74, 6) is -2.13. The largest absolute Gasteiger partial charge is 0.476 e. The summed E-state index contributed by atoms with van der Waals surface area (Å²) in [6.07, 6.45) is 1.39. The fourth-order valence-electron chi connectivity index (χ4n) is 1.75. The van der Waals surface area contributed by atoms with Gasteiger partial charge in [-0.1, -0.05) is 0 Å². The summed E-state index contributed by atoms with van der Waals surface area (Å²) in [6.45, 7) is 1.64. The third-order valence-corrected chi connectivity index (χ3v) is 3.64. The van der Waals surface area contributed by atoms with Crippen LogP contribution in [0.25, 0.3) is 0 Å². The average Bonchev–Trinajstić information content (AvgIpc) is 3.05. The van der Waals surface area contributed by atoms with E-state index in [2.05, 4.69) is 15.2 Å². The lowest BCUT2D eigenvalue weighted by Gasteiger charge is -2.05. The smallest absolute Gasteiger partial charge is 0.356 e. The maximum atomic E-state index is 12.0. The van der Waals surface area contributed by atoms with E-state index in [9.17, 15) is 14.4 Å². The molecule has 0 bridgehead atoms. The minimum Gasteiger partial charge on any atom is -0.476 e. The molecule has 0 atom stereocenters. The molecule has 2 N–H and O–H groups in total. The Morgan fingerprint density at radius 3 is 2.77 bits per heavy atom. The predicted octanol–water partition coefficient (Wildman–Crippen LogP) is 1.38. The van der Waals surface area contributed by atoms with Crippen molar-refractivity contribution in [1.82, 2.24) is 9.78 Å². The van der Waals surface area contributed by atoms with E-state index in [1.54, 1.807) is 13.0 Å². The Hall–Kier alpha value is -2.68. The Balaban J connectivity index is 2.08. The number of nitrogens with one attached hydrogen (secondary N) is 1. The van der Waals surface area contributed by atoms with Crippen LogP contribution in [0.4, 0.5) is 5.00 Å². The molecule has 2 aromatic heterocycles. The second kappa shape index (κ2) is 6.39. The number of rotatable bonds is 5. The van der Waals surface area contributed by atoms with Gasteiger partial charge in [-0.2, -0.15) is 5.10 Å².